The Kier molecular flexibility index (Phi) is 5.11. The Balaban J connectivity index is 2.67. The van der Waals surface area contributed by atoms with E-state index >= 15 is 0 Å². The van der Waals surface area contributed by atoms with E-state index in [1.165, 1.54) is 16.2 Å². The van der Waals surface area contributed by atoms with Gasteiger partial charge in [-0.1, -0.05) is 0 Å². The van der Waals surface area contributed by atoms with E-state index in [1.807, 2.05) is 11.4 Å². The molecular formula is C11H15NO4S. The molecule has 0 saturated carbocycles. The average molecular weight is 257 g/mol. The number of carboxylic acid groups (broad SMARTS) is 1. The van der Waals surface area contributed by atoms with Gasteiger partial charge >= 0.3 is 5.97 Å². The zero-order valence-electron chi connectivity index (χ0n) is 9.80. The SMILES string of the molecule is COCc1ccsc1C(=O)N(C)CCC(=O)O. The van der Waals surface area contributed by atoms with Gasteiger partial charge in [0.2, 0.25) is 0 Å². The third-order valence-corrected chi connectivity index (χ3v) is 3.19. The topological polar surface area (TPSA) is 66.8 Å². The van der Waals surface area contributed by atoms with Crippen LogP contribution < -0.4 is 0 Å². The molecule has 1 N–H and O–H groups in total. The molecule has 17 heavy (non-hydrogen) atoms. The minimum Gasteiger partial charge on any atom is -0.481 e. The number of amides is 1. The highest BCUT2D eigenvalue weighted by Gasteiger charge is 2.17. The second kappa shape index (κ2) is 6.36. The van der Waals surface area contributed by atoms with Crippen LogP contribution in [0.1, 0.15) is 21.7 Å². The van der Waals surface area contributed by atoms with Crippen LogP contribution in [-0.4, -0.2) is 42.6 Å². The summed E-state index contributed by atoms with van der Waals surface area (Å²) >= 11 is 1.34. The molecule has 94 valence electrons. The highest BCUT2D eigenvalue weighted by atomic mass is 32.1. The highest BCUT2D eigenvalue weighted by molar-refractivity contribution is 7.12. The van der Waals surface area contributed by atoms with E-state index in [1.54, 1.807) is 14.2 Å². The number of carbonyl (C=O) groups excluding carboxylic acids is 1. The minimum absolute atomic E-state index is 0.0484. The summed E-state index contributed by atoms with van der Waals surface area (Å²) in [6, 6.07) is 1.84. The van der Waals surface area contributed by atoms with Gasteiger partial charge in [0.15, 0.2) is 0 Å². The van der Waals surface area contributed by atoms with Crippen LogP contribution in [0, 0.1) is 0 Å². The molecule has 0 aliphatic rings. The summed E-state index contributed by atoms with van der Waals surface area (Å²) in [7, 11) is 3.17. The number of hydrogen-bond acceptors (Lipinski definition) is 4. The molecule has 0 atom stereocenters. The fourth-order valence-electron chi connectivity index (χ4n) is 1.33. The predicted molar refractivity (Wildman–Crippen MR) is 64.2 cm³/mol. The van der Waals surface area contributed by atoms with Crippen molar-refractivity contribution in [2.24, 2.45) is 0 Å². The van der Waals surface area contributed by atoms with Gasteiger partial charge in [0.05, 0.1) is 17.9 Å². The normalized spacial score (nSPS) is 10.2. The van der Waals surface area contributed by atoms with E-state index in [-0.39, 0.29) is 18.9 Å². The van der Waals surface area contributed by atoms with Gasteiger partial charge in [-0.3, -0.25) is 9.59 Å². The number of nitrogens with zero attached hydrogens (tertiary/aromatic N) is 1. The number of rotatable bonds is 6. The van der Waals surface area contributed by atoms with Crippen LogP contribution in [0.15, 0.2) is 11.4 Å². The van der Waals surface area contributed by atoms with Crippen LogP contribution in [0.2, 0.25) is 0 Å². The van der Waals surface area contributed by atoms with Crippen molar-refractivity contribution in [1.29, 1.82) is 0 Å². The standard InChI is InChI=1S/C11H15NO4S/c1-12(5-3-9(13)14)11(15)10-8(7-16-2)4-6-17-10/h4,6H,3,5,7H2,1-2H3,(H,13,14). The second-order valence-electron chi connectivity index (χ2n) is 3.58. The van der Waals surface area contributed by atoms with Gasteiger partial charge in [-0.25, -0.2) is 0 Å². The molecule has 5 nitrogen and oxygen atoms in total. The minimum atomic E-state index is -0.909. The van der Waals surface area contributed by atoms with Crippen LogP contribution in [0.25, 0.3) is 0 Å². The first kappa shape index (κ1) is 13.7. The number of hydrogen-bond donors (Lipinski definition) is 1. The molecule has 6 heteroatoms. The first-order valence-electron chi connectivity index (χ1n) is 5.08. The van der Waals surface area contributed by atoms with Crippen LogP contribution >= 0.6 is 11.3 Å². The summed E-state index contributed by atoms with van der Waals surface area (Å²) in [4.78, 5) is 24.5. The molecule has 0 radical (unpaired) electrons. The lowest BCUT2D eigenvalue weighted by Gasteiger charge is -2.15. The maximum atomic E-state index is 12.0. The van der Waals surface area contributed by atoms with E-state index < -0.39 is 5.97 Å². The fraction of sp³-hybridized carbons (Fsp3) is 0.455. The molecule has 1 aromatic heterocycles. The van der Waals surface area contributed by atoms with E-state index in [0.29, 0.717) is 11.5 Å². The fourth-order valence-corrected chi connectivity index (χ4v) is 2.23. The molecule has 1 aromatic rings. The third-order valence-electron chi connectivity index (χ3n) is 2.25. The summed E-state index contributed by atoms with van der Waals surface area (Å²) < 4.78 is 5.00. The maximum Gasteiger partial charge on any atom is 0.305 e. The Hall–Kier alpha value is -1.40. The summed E-state index contributed by atoms with van der Waals surface area (Å²) in [6.45, 7) is 0.593. The molecule has 0 bridgehead atoms. The summed E-state index contributed by atoms with van der Waals surface area (Å²) in [5, 5.41) is 10.4. The number of methoxy groups -OCH3 is 1. The summed E-state index contributed by atoms with van der Waals surface area (Å²) in [5.74, 6) is -1.07. The molecule has 1 amide bonds. The first-order valence-corrected chi connectivity index (χ1v) is 5.96. The van der Waals surface area contributed by atoms with Crippen molar-refractivity contribution >= 4 is 23.2 Å². The lowest BCUT2D eigenvalue weighted by molar-refractivity contribution is -0.137. The molecule has 0 unspecified atom stereocenters. The van der Waals surface area contributed by atoms with Crippen molar-refractivity contribution in [1.82, 2.24) is 4.90 Å². The molecule has 0 fully saturated rings. The number of ether oxygens (including phenoxy) is 1. The van der Waals surface area contributed by atoms with E-state index in [2.05, 4.69) is 0 Å². The van der Waals surface area contributed by atoms with E-state index in [9.17, 15) is 9.59 Å². The van der Waals surface area contributed by atoms with Gasteiger partial charge in [0, 0.05) is 26.3 Å². The molecule has 0 aliphatic heterocycles. The maximum absolute atomic E-state index is 12.0. The van der Waals surface area contributed by atoms with Crippen molar-refractivity contribution in [3.8, 4) is 0 Å². The molecule has 0 aromatic carbocycles. The Bertz CT molecular complexity index is 402. The van der Waals surface area contributed by atoms with Gasteiger partial charge in [0.1, 0.15) is 0 Å². The van der Waals surface area contributed by atoms with Crippen LogP contribution in [-0.2, 0) is 16.1 Å². The van der Waals surface area contributed by atoms with Gasteiger partial charge in [-0.2, -0.15) is 0 Å². The van der Waals surface area contributed by atoms with E-state index in [0.717, 1.165) is 5.56 Å². The zero-order chi connectivity index (χ0) is 12.8. The summed E-state index contributed by atoms with van der Waals surface area (Å²) in [6.07, 6.45) is -0.0484. The van der Waals surface area contributed by atoms with Gasteiger partial charge in [0.25, 0.3) is 5.91 Å². The van der Waals surface area contributed by atoms with Crippen molar-refractivity contribution < 1.29 is 19.4 Å². The molecule has 0 saturated heterocycles. The van der Waals surface area contributed by atoms with Crippen LogP contribution in [0.5, 0.6) is 0 Å². The summed E-state index contributed by atoms with van der Waals surface area (Å²) in [5.41, 5.74) is 0.838. The Morgan fingerprint density at radius 1 is 1.53 bits per heavy atom. The van der Waals surface area contributed by atoms with Crippen LogP contribution in [0.4, 0.5) is 0 Å². The second-order valence-corrected chi connectivity index (χ2v) is 4.49. The Morgan fingerprint density at radius 3 is 2.82 bits per heavy atom. The smallest absolute Gasteiger partial charge is 0.305 e. The zero-order valence-corrected chi connectivity index (χ0v) is 10.6. The largest absolute Gasteiger partial charge is 0.481 e. The number of carboxylic acids is 1. The van der Waals surface area contributed by atoms with Crippen molar-refractivity contribution in [2.45, 2.75) is 13.0 Å². The van der Waals surface area contributed by atoms with Gasteiger partial charge in [-0.15, -0.1) is 11.3 Å². The van der Waals surface area contributed by atoms with Gasteiger partial charge < -0.3 is 14.7 Å². The molecule has 0 aliphatic carbocycles. The molecule has 0 spiro atoms. The average Bonchev–Trinajstić information content (AvgIpc) is 2.73. The van der Waals surface area contributed by atoms with Gasteiger partial charge in [-0.05, 0) is 11.4 Å². The monoisotopic (exact) mass is 257 g/mol. The number of carbonyl (C=O) groups is 2. The lowest BCUT2D eigenvalue weighted by atomic mass is 10.2. The number of aliphatic carboxylic acids is 1. The quantitative estimate of drug-likeness (QED) is 0.837. The third kappa shape index (κ3) is 3.83. The highest BCUT2D eigenvalue weighted by Crippen LogP contribution is 2.19. The molecule has 1 heterocycles. The van der Waals surface area contributed by atoms with E-state index in [4.69, 9.17) is 9.84 Å². The Morgan fingerprint density at radius 2 is 2.24 bits per heavy atom. The lowest BCUT2D eigenvalue weighted by Crippen LogP contribution is -2.29. The predicted octanol–water partition coefficient (Wildman–Crippen LogP) is 1.44. The molecule has 1 rings (SSSR count). The Labute approximate surface area is 104 Å². The molecular weight excluding hydrogens is 242 g/mol. The van der Waals surface area contributed by atoms with Crippen molar-refractivity contribution in [3.63, 3.8) is 0 Å². The number of thiophene rings is 1. The first-order chi connectivity index (χ1) is 8.06. The van der Waals surface area contributed by atoms with Crippen LogP contribution in [0.3, 0.4) is 0 Å². The van der Waals surface area contributed by atoms with Crippen molar-refractivity contribution in [2.75, 3.05) is 20.7 Å². The van der Waals surface area contributed by atoms with Crippen molar-refractivity contribution in [3.05, 3.63) is 21.9 Å².